The molecule has 0 saturated heterocycles. The Kier molecular flexibility index (Phi) is 2.01. The highest BCUT2D eigenvalue weighted by molar-refractivity contribution is 7.81. The summed E-state index contributed by atoms with van der Waals surface area (Å²) in [6, 6.07) is 0. The minimum absolute atomic E-state index is 0.447. The maximum atomic E-state index is 5.43. The summed E-state index contributed by atoms with van der Waals surface area (Å²) in [5.41, 5.74) is 6.37. The van der Waals surface area contributed by atoms with Gasteiger partial charge >= 0.3 is 0 Å². The summed E-state index contributed by atoms with van der Waals surface area (Å²) in [7, 11) is 0. The topological polar surface area (TPSA) is 38.9 Å². The average molecular weight is 172 g/mol. The molecule has 10 heavy (non-hydrogen) atoms. The quantitative estimate of drug-likeness (QED) is 0.651. The molecule has 0 fully saturated rings. The van der Waals surface area contributed by atoms with Crippen LogP contribution in [0.1, 0.15) is 15.6 Å². The molecule has 0 spiro atoms. The van der Waals surface area contributed by atoms with E-state index < -0.39 is 0 Å². The third-order valence-electron chi connectivity index (χ3n) is 1.13. The van der Waals surface area contributed by atoms with Crippen LogP contribution in [-0.4, -0.2) is 9.97 Å². The van der Waals surface area contributed by atoms with Gasteiger partial charge in [0.2, 0.25) is 0 Å². The van der Waals surface area contributed by atoms with Gasteiger partial charge in [-0.1, -0.05) is 12.2 Å². The van der Waals surface area contributed by atoms with Gasteiger partial charge in [-0.2, -0.15) is 0 Å². The first kappa shape index (κ1) is 7.63. The molecule has 2 N–H and O–H groups in total. The summed E-state index contributed by atoms with van der Waals surface area (Å²) in [6.45, 7) is 3.86. The van der Waals surface area contributed by atoms with E-state index in [9.17, 15) is 0 Å². The highest BCUT2D eigenvalue weighted by Crippen LogP contribution is 2.16. The summed E-state index contributed by atoms with van der Waals surface area (Å²) in [6.07, 6.45) is 0. The molecule has 0 atom stereocenters. The summed E-state index contributed by atoms with van der Waals surface area (Å²) < 4.78 is 0. The predicted octanol–water partition coefficient (Wildman–Crippen LogP) is 1.39. The maximum Gasteiger partial charge on any atom is 0.116 e. The van der Waals surface area contributed by atoms with E-state index in [2.05, 4.69) is 4.98 Å². The second-order valence-corrected chi connectivity index (χ2v) is 3.65. The number of hydrogen-bond donors (Lipinski definition) is 1. The SMILES string of the molecule is Cc1nc(C)c(C(N)=S)s1. The molecular formula is C6H8N2S2. The number of thiazole rings is 1. The van der Waals surface area contributed by atoms with E-state index in [0.29, 0.717) is 4.99 Å². The van der Waals surface area contributed by atoms with Crippen LogP contribution in [0.5, 0.6) is 0 Å². The van der Waals surface area contributed by atoms with Gasteiger partial charge in [0.1, 0.15) is 4.99 Å². The van der Waals surface area contributed by atoms with E-state index in [4.69, 9.17) is 18.0 Å². The Morgan fingerprint density at radius 1 is 1.60 bits per heavy atom. The number of nitrogens with zero attached hydrogens (tertiary/aromatic N) is 1. The van der Waals surface area contributed by atoms with E-state index in [1.165, 1.54) is 0 Å². The van der Waals surface area contributed by atoms with Crippen molar-refractivity contribution in [3.05, 3.63) is 15.6 Å². The van der Waals surface area contributed by atoms with Crippen LogP contribution in [-0.2, 0) is 0 Å². The molecule has 0 aliphatic heterocycles. The van der Waals surface area contributed by atoms with Gasteiger partial charge in [0.25, 0.3) is 0 Å². The molecule has 0 unspecified atom stereocenters. The highest BCUT2D eigenvalue weighted by Gasteiger charge is 2.05. The van der Waals surface area contributed by atoms with Gasteiger partial charge in [-0.3, -0.25) is 0 Å². The zero-order valence-corrected chi connectivity index (χ0v) is 7.47. The Morgan fingerprint density at radius 2 is 2.20 bits per heavy atom. The van der Waals surface area contributed by atoms with E-state index in [1.807, 2.05) is 13.8 Å². The Balaban J connectivity index is 3.15. The van der Waals surface area contributed by atoms with Gasteiger partial charge < -0.3 is 5.73 Å². The van der Waals surface area contributed by atoms with E-state index >= 15 is 0 Å². The van der Waals surface area contributed by atoms with Crippen LogP contribution in [0.15, 0.2) is 0 Å². The third kappa shape index (κ3) is 1.33. The molecule has 0 aromatic carbocycles. The van der Waals surface area contributed by atoms with Gasteiger partial charge in [0, 0.05) is 0 Å². The molecule has 0 aliphatic carbocycles. The van der Waals surface area contributed by atoms with Crippen molar-refractivity contribution >= 4 is 28.5 Å². The van der Waals surface area contributed by atoms with Crippen LogP contribution in [0.25, 0.3) is 0 Å². The van der Waals surface area contributed by atoms with E-state index in [1.54, 1.807) is 11.3 Å². The molecule has 0 radical (unpaired) electrons. The lowest BCUT2D eigenvalue weighted by atomic mass is 10.4. The molecule has 1 aromatic rings. The molecule has 0 saturated carbocycles. The van der Waals surface area contributed by atoms with Crippen LogP contribution in [0.3, 0.4) is 0 Å². The molecule has 54 valence electrons. The van der Waals surface area contributed by atoms with E-state index in [0.717, 1.165) is 15.6 Å². The van der Waals surface area contributed by atoms with Crippen molar-refractivity contribution in [2.75, 3.05) is 0 Å². The number of rotatable bonds is 1. The number of nitrogens with two attached hydrogens (primary N) is 1. The van der Waals surface area contributed by atoms with Crippen LogP contribution in [0.2, 0.25) is 0 Å². The zero-order valence-electron chi connectivity index (χ0n) is 5.84. The summed E-state index contributed by atoms with van der Waals surface area (Å²) >= 11 is 6.36. The van der Waals surface area contributed by atoms with Crippen LogP contribution >= 0.6 is 23.6 Å². The molecule has 1 heterocycles. The first-order chi connectivity index (χ1) is 4.61. The zero-order chi connectivity index (χ0) is 7.72. The van der Waals surface area contributed by atoms with E-state index in [-0.39, 0.29) is 0 Å². The Hall–Kier alpha value is -0.480. The minimum atomic E-state index is 0.447. The molecule has 2 nitrogen and oxygen atoms in total. The molecule has 0 aliphatic rings. The lowest BCUT2D eigenvalue weighted by Crippen LogP contribution is -2.08. The monoisotopic (exact) mass is 172 g/mol. The molecule has 0 bridgehead atoms. The molecule has 1 aromatic heterocycles. The summed E-state index contributed by atoms with van der Waals surface area (Å²) in [5.74, 6) is 0. The largest absolute Gasteiger partial charge is 0.389 e. The standard InChI is InChI=1S/C6H8N2S2/c1-3-5(6(7)9)10-4(2)8-3/h1-2H3,(H2,7,9). The summed E-state index contributed by atoms with van der Waals surface area (Å²) in [4.78, 5) is 5.57. The van der Waals surface area contributed by atoms with Crippen molar-refractivity contribution in [3.8, 4) is 0 Å². The molecule has 0 amide bonds. The molecule has 4 heteroatoms. The summed E-state index contributed by atoms with van der Waals surface area (Å²) in [5, 5.41) is 1.01. The van der Waals surface area contributed by atoms with Crippen LogP contribution < -0.4 is 5.73 Å². The third-order valence-corrected chi connectivity index (χ3v) is 2.57. The Bertz CT molecular complexity index is 265. The second kappa shape index (κ2) is 2.64. The lowest BCUT2D eigenvalue weighted by Gasteiger charge is -1.89. The fraction of sp³-hybridized carbons (Fsp3) is 0.333. The van der Waals surface area contributed by atoms with Gasteiger partial charge in [-0.15, -0.1) is 11.3 Å². The average Bonchev–Trinajstić information content (AvgIpc) is 2.10. The minimum Gasteiger partial charge on any atom is -0.389 e. The van der Waals surface area contributed by atoms with Crippen molar-refractivity contribution in [3.63, 3.8) is 0 Å². The smallest absolute Gasteiger partial charge is 0.116 e. The molecular weight excluding hydrogens is 164 g/mol. The van der Waals surface area contributed by atoms with Crippen LogP contribution in [0.4, 0.5) is 0 Å². The lowest BCUT2D eigenvalue weighted by molar-refractivity contribution is 1.20. The van der Waals surface area contributed by atoms with Crippen molar-refractivity contribution in [2.45, 2.75) is 13.8 Å². The Morgan fingerprint density at radius 3 is 2.40 bits per heavy atom. The van der Waals surface area contributed by atoms with Crippen LogP contribution in [0, 0.1) is 13.8 Å². The fourth-order valence-electron chi connectivity index (χ4n) is 0.760. The predicted molar refractivity (Wildman–Crippen MR) is 47.5 cm³/mol. The second-order valence-electron chi connectivity index (χ2n) is 2.01. The van der Waals surface area contributed by atoms with Gasteiger partial charge in [-0.25, -0.2) is 4.98 Å². The van der Waals surface area contributed by atoms with Gasteiger partial charge in [-0.05, 0) is 13.8 Å². The molecule has 1 rings (SSSR count). The maximum absolute atomic E-state index is 5.43. The number of aromatic nitrogens is 1. The first-order valence-corrected chi connectivity index (χ1v) is 4.07. The number of aryl methyl sites for hydroxylation is 2. The first-order valence-electron chi connectivity index (χ1n) is 2.85. The normalized spacial score (nSPS) is 9.80. The highest BCUT2D eigenvalue weighted by atomic mass is 32.1. The van der Waals surface area contributed by atoms with Crippen molar-refractivity contribution < 1.29 is 0 Å². The Labute approximate surface area is 69.1 Å². The number of hydrogen-bond acceptors (Lipinski definition) is 3. The van der Waals surface area contributed by atoms with Crippen molar-refractivity contribution in [2.24, 2.45) is 5.73 Å². The van der Waals surface area contributed by atoms with Gasteiger partial charge in [0.15, 0.2) is 0 Å². The number of thiocarbonyl (C=S) groups is 1. The van der Waals surface area contributed by atoms with Crippen molar-refractivity contribution in [1.29, 1.82) is 0 Å². The fourth-order valence-corrected chi connectivity index (χ4v) is 1.80. The van der Waals surface area contributed by atoms with Crippen molar-refractivity contribution in [1.82, 2.24) is 4.98 Å². The van der Waals surface area contributed by atoms with Gasteiger partial charge in [0.05, 0.1) is 15.6 Å².